The van der Waals surface area contributed by atoms with E-state index in [1.54, 1.807) is 14.2 Å². The number of hydrogen-bond donors (Lipinski definition) is 2. The van der Waals surface area contributed by atoms with Crippen molar-refractivity contribution in [1.82, 2.24) is 16.1 Å². The van der Waals surface area contributed by atoms with Crippen LogP contribution in [0, 0.1) is 0 Å². The van der Waals surface area contributed by atoms with Crippen LogP contribution in [0.15, 0.2) is 53.6 Å². The summed E-state index contributed by atoms with van der Waals surface area (Å²) in [4.78, 5) is 0. The number of rotatable bonds is 7. The van der Waals surface area contributed by atoms with Crippen molar-refractivity contribution >= 4 is 5.84 Å². The van der Waals surface area contributed by atoms with Gasteiger partial charge in [0.1, 0.15) is 5.84 Å². The number of para-hydroxylation sites is 1. The van der Waals surface area contributed by atoms with Gasteiger partial charge in [0.25, 0.3) is 0 Å². The third-order valence-corrected chi connectivity index (χ3v) is 3.98. The summed E-state index contributed by atoms with van der Waals surface area (Å²) in [7, 11) is 3.30. The van der Waals surface area contributed by atoms with E-state index in [0.717, 1.165) is 35.9 Å². The van der Waals surface area contributed by atoms with Crippen LogP contribution in [0.4, 0.5) is 0 Å². The Labute approximate surface area is 142 Å². The third kappa shape index (κ3) is 3.60. The molecule has 0 bridgehead atoms. The maximum absolute atomic E-state index is 5.50. The molecule has 126 valence electrons. The van der Waals surface area contributed by atoms with Crippen LogP contribution in [0.5, 0.6) is 11.5 Å². The van der Waals surface area contributed by atoms with Crippen LogP contribution in [0.25, 0.3) is 0 Å². The van der Waals surface area contributed by atoms with E-state index in [4.69, 9.17) is 9.47 Å². The number of hydrogen-bond acceptors (Lipinski definition) is 6. The first-order valence-electron chi connectivity index (χ1n) is 7.90. The highest BCUT2D eigenvalue weighted by Crippen LogP contribution is 2.31. The lowest BCUT2D eigenvalue weighted by atomic mass is 10.1. The molecule has 6 nitrogen and oxygen atoms in total. The molecule has 0 saturated carbocycles. The summed E-state index contributed by atoms with van der Waals surface area (Å²) in [6.45, 7) is 0.822. The normalized spacial score (nSPS) is 13.4. The molecule has 6 heteroatoms. The van der Waals surface area contributed by atoms with Crippen LogP contribution in [-0.4, -0.2) is 31.6 Å². The minimum absolute atomic E-state index is 0.648. The largest absolute Gasteiger partial charge is 0.493 e. The number of amidine groups is 1. The lowest BCUT2D eigenvalue weighted by Crippen LogP contribution is -2.42. The Morgan fingerprint density at radius 1 is 1.00 bits per heavy atom. The zero-order chi connectivity index (χ0) is 16.8. The SMILES string of the molecule is COc1cccc(CC2=NNNN2CCc2ccccc2)c1OC. The summed E-state index contributed by atoms with van der Waals surface area (Å²) >= 11 is 0. The van der Waals surface area contributed by atoms with E-state index in [1.807, 2.05) is 29.3 Å². The predicted octanol–water partition coefficient (Wildman–Crippen LogP) is 2.13. The Morgan fingerprint density at radius 3 is 2.58 bits per heavy atom. The smallest absolute Gasteiger partial charge is 0.164 e. The van der Waals surface area contributed by atoms with Gasteiger partial charge in [0.05, 0.1) is 14.2 Å². The fourth-order valence-corrected chi connectivity index (χ4v) is 2.74. The fourth-order valence-electron chi connectivity index (χ4n) is 2.74. The Morgan fingerprint density at radius 2 is 1.83 bits per heavy atom. The number of methoxy groups -OCH3 is 2. The van der Waals surface area contributed by atoms with Gasteiger partial charge in [-0.3, -0.25) is 5.01 Å². The third-order valence-electron chi connectivity index (χ3n) is 3.98. The van der Waals surface area contributed by atoms with E-state index in [1.165, 1.54) is 5.56 Å². The van der Waals surface area contributed by atoms with E-state index in [0.29, 0.717) is 6.42 Å². The molecule has 3 rings (SSSR count). The van der Waals surface area contributed by atoms with Gasteiger partial charge in [-0.1, -0.05) is 42.5 Å². The Bertz CT molecular complexity index is 703. The number of nitrogens with one attached hydrogen (secondary N) is 2. The van der Waals surface area contributed by atoms with Crippen LogP contribution in [-0.2, 0) is 12.8 Å². The average molecular weight is 326 g/mol. The van der Waals surface area contributed by atoms with Gasteiger partial charge in [-0.05, 0) is 18.1 Å². The van der Waals surface area contributed by atoms with Gasteiger partial charge in [-0.15, -0.1) is 10.6 Å². The first kappa shape index (κ1) is 16.1. The van der Waals surface area contributed by atoms with Gasteiger partial charge < -0.3 is 9.47 Å². The lowest BCUT2D eigenvalue weighted by Gasteiger charge is -2.20. The number of hydrazone groups is 1. The molecule has 0 radical (unpaired) electrons. The zero-order valence-electron chi connectivity index (χ0n) is 14.0. The van der Waals surface area contributed by atoms with E-state index in [9.17, 15) is 0 Å². The van der Waals surface area contributed by atoms with Crippen molar-refractivity contribution < 1.29 is 9.47 Å². The van der Waals surface area contributed by atoms with E-state index in [2.05, 4.69) is 40.4 Å². The molecule has 2 aromatic carbocycles. The Balaban J connectivity index is 1.68. The highest BCUT2D eigenvalue weighted by Gasteiger charge is 2.20. The highest BCUT2D eigenvalue weighted by atomic mass is 16.5. The average Bonchev–Trinajstić information content (AvgIpc) is 3.07. The molecule has 2 aromatic rings. The molecular weight excluding hydrogens is 304 g/mol. The van der Waals surface area contributed by atoms with E-state index < -0.39 is 0 Å². The summed E-state index contributed by atoms with van der Waals surface area (Å²) in [6, 6.07) is 16.3. The summed E-state index contributed by atoms with van der Waals surface area (Å²) in [5.74, 6) is 2.39. The maximum atomic E-state index is 5.50. The van der Waals surface area contributed by atoms with E-state index >= 15 is 0 Å². The van der Waals surface area contributed by atoms with Crippen LogP contribution in [0.2, 0.25) is 0 Å². The molecule has 0 aliphatic carbocycles. The van der Waals surface area contributed by atoms with Gasteiger partial charge in [0, 0.05) is 18.5 Å². The summed E-state index contributed by atoms with van der Waals surface area (Å²) in [6.07, 6.45) is 1.58. The molecule has 0 fully saturated rings. The van der Waals surface area contributed by atoms with Crippen LogP contribution in [0.3, 0.4) is 0 Å². The second-order valence-electron chi connectivity index (χ2n) is 5.47. The molecule has 0 unspecified atom stereocenters. The molecule has 0 atom stereocenters. The van der Waals surface area contributed by atoms with Crippen molar-refractivity contribution in [3.05, 3.63) is 59.7 Å². The molecular formula is C18H22N4O2. The highest BCUT2D eigenvalue weighted by molar-refractivity contribution is 5.85. The van der Waals surface area contributed by atoms with Crippen molar-refractivity contribution in [1.29, 1.82) is 0 Å². The van der Waals surface area contributed by atoms with Gasteiger partial charge in [-0.2, -0.15) is 0 Å². The van der Waals surface area contributed by atoms with Gasteiger partial charge in [0.2, 0.25) is 0 Å². The molecule has 1 aliphatic heterocycles. The van der Waals surface area contributed by atoms with Gasteiger partial charge in [0.15, 0.2) is 11.5 Å². The standard InChI is InChI=1S/C18H22N4O2/c1-23-16-10-6-9-15(18(16)24-2)13-17-19-20-21-22(17)12-11-14-7-4-3-5-8-14/h3-10,20-21H,11-13H2,1-2H3. The molecule has 24 heavy (non-hydrogen) atoms. The van der Waals surface area contributed by atoms with Crippen molar-refractivity contribution in [2.45, 2.75) is 12.8 Å². The van der Waals surface area contributed by atoms with Gasteiger partial charge >= 0.3 is 0 Å². The first-order valence-corrected chi connectivity index (χ1v) is 7.90. The van der Waals surface area contributed by atoms with Crippen LogP contribution < -0.4 is 20.5 Å². The minimum atomic E-state index is 0.648. The first-order chi connectivity index (χ1) is 11.8. The molecule has 0 spiro atoms. The molecule has 2 N–H and O–H groups in total. The van der Waals surface area contributed by atoms with Crippen molar-refractivity contribution in [2.75, 3.05) is 20.8 Å². The van der Waals surface area contributed by atoms with Crippen LogP contribution in [0.1, 0.15) is 11.1 Å². The number of ether oxygens (including phenoxy) is 2. The van der Waals surface area contributed by atoms with Crippen LogP contribution >= 0.6 is 0 Å². The quantitative estimate of drug-likeness (QED) is 0.816. The number of benzene rings is 2. The predicted molar refractivity (Wildman–Crippen MR) is 93.8 cm³/mol. The molecule has 0 amide bonds. The molecule has 1 heterocycles. The van der Waals surface area contributed by atoms with Crippen molar-refractivity contribution in [3.8, 4) is 11.5 Å². The Hall–Kier alpha value is -2.73. The monoisotopic (exact) mass is 326 g/mol. The molecule has 1 aliphatic rings. The maximum Gasteiger partial charge on any atom is 0.164 e. The number of nitrogens with zero attached hydrogens (tertiary/aromatic N) is 2. The molecule has 0 aromatic heterocycles. The molecule has 0 saturated heterocycles. The lowest BCUT2D eigenvalue weighted by molar-refractivity contribution is 0.294. The Kier molecular flexibility index (Phi) is 5.18. The zero-order valence-corrected chi connectivity index (χ0v) is 14.0. The minimum Gasteiger partial charge on any atom is -0.493 e. The second-order valence-corrected chi connectivity index (χ2v) is 5.47. The summed E-state index contributed by atoms with van der Waals surface area (Å²) in [5, 5.41) is 6.36. The summed E-state index contributed by atoms with van der Waals surface area (Å²) in [5.41, 5.74) is 8.24. The van der Waals surface area contributed by atoms with Gasteiger partial charge in [-0.25, -0.2) is 5.53 Å². The van der Waals surface area contributed by atoms with E-state index in [-0.39, 0.29) is 0 Å². The fraction of sp³-hybridized carbons (Fsp3) is 0.278. The topological polar surface area (TPSA) is 58.1 Å². The second kappa shape index (κ2) is 7.70. The summed E-state index contributed by atoms with van der Waals surface area (Å²) < 4.78 is 10.9. The number of hydrazine groups is 2. The van der Waals surface area contributed by atoms with Crippen molar-refractivity contribution in [3.63, 3.8) is 0 Å². The van der Waals surface area contributed by atoms with Crippen molar-refractivity contribution in [2.24, 2.45) is 5.10 Å².